The molecule has 2 aliphatic rings. The van der Waals surface area contributed by atoms with Crippen LogP contribution in [0.2, 0.25) is 0 Å². The third kappa shape index (κ3) is 3.44. The summed E-state index contributed by atoms with van der Waals surface area (Å²) in [5, 5.41) is 4.24. The third-order valence-electron chi connectivity index (χ3n) is 5.03. The zero-order valence-corrected chi connectivity index (χ0v) is 15.1. The maximum Gasteiger partial charge on any atom is 0.259 e. The Morgan fingerprint density at radius 2 is 2.31 bits per heavy atom. The lowest BCUT2D eigenvalue weighted by Crippen LogP contribution is -2.38. The summed E-state index contributed by atoms with van der Waals surface area (Å²) in [6.07, 6.45) is 7.44. The summed E-state index contributed by atoms with van der Waals surface area (Å²) in [6.45, 7) is 2.50. The van der Waals surface area contributed by atoms with Crippen LogP contribution in [0.3, 0.4) is 0 Å². The Balaban J connectivity index is 1.54. The highest BCUT2D eigenvalue weighted by Crippen LogP contribution is 2.28. The highest BCUT2D eigenvalue weighted by atomic mass is 16.5. The lowest BCUT2D eigenvalue weighted by Gasteiger charge is -2.25. The highest BCUT2D eigenvalue weighted by Gasteiger charge is 2.28. The number of carbonyl (C=O) groups excluding carboxylic acids is 1. The number of hydrogen-bond acceptors (Lipinski definition) is 5. The van der Waals surface area contributed by atoms with E-state index in [0.29, 0.717) is 37.7 Å². The van der Waals surface area contributed by atoms with Crippen molar-refractivity contribution in [2.24, 2.45) is 0 Å². The minimum absolute atomic E-state index is 0.0278. The number of fused-ring (bicyclic) bond motifs is 1. The molecule has 7 heteroatoms. The second-order valence-corrected chi connectivity index (χ2v) is 6.83. The number of nitrogens with zero attached hydrogens (tertiary/aromatic N) is 4. The second-order valence-electron chi connectivity index (χ2n) is 6.83. The fraction of sp³-hybridized carbons (Fsp3) is 0.526. The van der Waals surface area contributed by atoms with Crippen molar-refractivity contribution < 1.29 is 14.3 Å². The van der Waals surface area contributed by atoms with E-state index in [2.05, 4.69) is 10.1 Å². The summed E-state index contributed by atoms with van der Waals surface area (Å²) in [7, 11) is 1.58. The molecule has 0 spiro atoms. The Morgan fingerprint density at radius 1 is 1.38 bits per heavy atom. The lowest BCUT2D eigenvalue weighted by atomic mass is 10.1. The smallest absolute Gasteiger partial charge is 0.259 e. The van der Waals surface area contributed by atoms with Crippen molar-refractivity contribution in [2.45, 2.75) is 38.3 Å². The van der Waals surface area contributed by atoms with Crippen LogP contribution < -0.4 is 4.74 Å². The van der Waals surface area contributed by atoms with Gasteiger partial charge in [0.1, 0.15) is 5.56 Å². The summed E-state index contributed by atoms with van der Waals surface area (Å²) in [5.41, 5.74) is 2.80. The summed E-state index contributed by atoms with van der Waals surface area (Å²) in [4.78, 5) is 19.6. The van der Waals surface area contributed by atoms with E-state index < -0.39 is 0 Å². The van der Waals surface area contributed by atoms with Crippen molar-refractivity contribution in [3.05, 3.63) is 41.3 Å². The van der Waals surface area contributed by atoms with Gasteiger partial charge in [0.15, 0.2) is 0 Å². The molecule has 0 N–H and O–H groups in total. The number of hydrogen-bond donors (Lipinski definition) is 0. The lowest BCUT2D eigenvalue weighted by molar-refractivity contribution is 0.0366. The predicted molar refractivity (Wildman–Crippen MR) is 95.3 cm³/mol. The Kier molecular flexibility index (Phi) is 4.88. The van der Waals surface area contributed by atoms with E-state index in [-0.39, 0.29) is 12.0 Å². The number of aryl methyl sites for hydroxylation is 2. The first-order valence-electron chi connectivity index (χ1n) is 9.19. The second kappa shape index (κ2) is 7.45. The number of methoxy groups -OCH3 is 1. The SMILES string of the molecule is COc1nc2c(cc1C(=O)N1CCCO[C@@H](Cn3cccn3)C1)CCC2. The monoisotopic (exact) mass is 356 g/mol. The Labute approximate surface area is 152 Å². The van der Waals surface area contributed by atoms with Gasteiger partial charge >= 0.3 is 0 Å². The summed E-state index contributed by atoms with van der Waals surface area (Å²) in [5.74, 6) is 0.407. The van der Waals surface area contributed by atoms with E-state index in [1.807, 2.05) is 27.9 Å². The molecule has 2 aromatic rings. The molecule has 0 saturated carbocycles. The van der Waals surface area contributed by atoms with Crippen LogP contribution in [0, 0.1) is 0 Å². The fourth-order valence-corrected chi connectivity index (χ4v) is 3.74. The number of ether oxygens (including phenoxy) is 2. The van der Waals surface area contributed by atoms with Crippen LogP contribution in [-0.4, -0.2) is 58.5 Å². The predicted octanol–water partition coefficient (Wildman–Crippen LogP) is 1.71. The standard InChI is InChI=1S/C19H24N4O3/c1-25-18-16(11-14-5-2-6-17(14)21-18)19(24)22-8-4-10-26-15(12-22)13-23-9-3-7-20-23/h3,7,9,11,15H,2,4-6,8,10,12-13H2,1H3/t15-/m1/s1. The molecule has 138 valence electrons. The van der Waals surface area contributed by atoms with E-state index in [0.717, 1.165) is 31.4 Å². The number of pyridine rings is 1. The third-order valence-corrected chi connectivity index (χ3v) is 5.03. The molecule has 1 amide bonds. The maximum atomic E-state index is 13.2. The number of carbonyl (C=O) groups is 1. The van der Waals surface area contributed by atoms with Crippen molar-refractivity contribution in [1.82, 2.24) is 19.7 Å². The van der Waals surface area contributed by atoms with E-state index >= 15 is 0 Å². The van der Waals surface area contributed by atoms with E-state index in [1.54, 1.807) is 13.3 Å². The minimum Gasteiger partial charge on any atom is -0.480 e. The molecule has 1 aliphatic carbocycles. The first kappa shape index (κ1) is 17.0. The molecule has 0 bridgehead atoms. The highest BCUT2D eigenvalue weighted by molar-refractivity contribution is 5.96. The quantitative estimate of drug-likeness (QED) is 0.834. The molecule has 0 unspecified atom stereocenters. The molecule has 0 radical (unpaired) electrons. The van der Waals surface area contributed by atoms with Gasteiger partial charge in [0.05, 0.1) is 19.8 Å². The molecular formula is C19H24N4O3. The number of aromatic nitrogens is 3. The summed E-state index contributed by atoms with van der Waals surface area (Å²) >= 11 is 0. The van der Waals surface area contributed by atoms with Gasteiger partial charge in [0.25, 0.3) is 5.91 Å². The average molecular weight is 356 g/mol. The zero-order valence-electron chi connectivity index (χ0n) is 15.1. The fourth-order valence-electron chi connectivity index (χ4n) is 3.74. The van der Waals surface area contributed by atoms with Crippen molar-refractivity contribution in [1.29, 1.82) is 0 Å². The van der Waals surface area contributed by atoms with Crippen molar-refractivity contribution in [2.75, 3.05) is 26.8 Å². The largest absolute Gasteiger partial charge is 0.480 e. The van der Waals surface area contributed by atoms with Gasteiger partial charge in [-0.15, -0.1) is 0 Å². The molecule has 1 aliphatic heterocycles. The van der Waals surface area contributed by atoms with Gasteiger partial charge in [0, 0.05) is 37.8 Å². The van der Waals surface area contributed by atoms with Crippen molar-refractivity contribution in [3.8, 4) is 5.88 Å². The van der Waals surface area contributed by atoms with E-state index in [9.17, 15) is 4.79 Å². The van der Waals surface area contributed by atoms with Gasteiger partial charge in [-0.05, 0) is 43.4 Å². The zero-order chi connectivity index (χ0) is 17.9. The van der Waals surface area contributed by atoms with Gasteiger partial charge in [-0.3, -0.25) is 9.48 Å². The first-order chi connectivity index (χ1) is 12.7. The molecular weight excluding hydrogens is 332 g/mol. The van der Waals surface area contributed by atoms with Gasteiger partial charge in [-0.1, -0.05) is 0 Å². The molecule has 1 fully saturated rings. The molecule has 1 saturated heterocycles. The van der Waals surface area contributed by atoms with Crippen LogP contribution in [0.4, 0.5) is 0 Å². The summed E-state index contributed by atoms with van der Waals surface area (Å²) < 4.78 is 13.2. The maximum absolute atomic E-state index is 13.2. The van der Waals surface area contributed by atoms with Crippen molar-refractivity contribution in [3.63, 3.8) is 0 Å². The van der Waals surface area contributed by atoms with Gasteiger partial charge in [0.2, 0.25) is 5.88 Å². The molecule has 26 heavy (non-hydrogen) atoms. The first-order valence-corrected chi connectivity index (χ1v) is 9.19. The molecule has 3 heterocycles. The Bertz CT molecular complexity index is 775. The molecule has 1 atom stereocenters. The average Bonchev–Trinajstić information content (AvgIpc) is 3.27. The van der Waals surface area contributed by atoms with E-state index in [4.69, 9.17) is 9.47 Å². The van der Waals surface area contributed by atoms with Crippen molar-refractivity contribution >= 4 is 5.91 Å². The van der Waals surface area contributed by atoms with Crippen LogP contribution in [0.1, 0.15) is 34.5 Å². The molecule has 2 aromatic heterocycles. The van der Waals surface area contributed by atoms with Crippen LogP contribution in [-0.2, 0) is 24.1 Å². The Hall–Kier alpha value is -2.41. The van der Waals surface area contributed by atoms with E-state index in [1.165, 1.54) is 5.56 Å². The molecule has 7 nitrogen and oxygen atoms in total. The number of amides is 1. The minimum atomic E-state index is -0.0743. The Morgan fingerprint density at radius 3 is 3.12 bits per heavy atom. The molecule has 0 aromatic carbocycles. The normalized spacial score (nSPS) is 19.9. The summed E-state index contributed by atoms with van der Waals surface area (Å²) in [6, 6.07) is 3.87. The van der Waals surface area contributed by atoms with Crippen LogP contribution >= 0.6 is 0 Å². The topological polar surface area (TPSA) is 69.5 Å². The van der Waals surface area contributed by atoms with Crippen LogP contribution in [0.5, 0.6) is 5.88 Å². The van der Waals surface area contributed by atoms with Gasteiger partial charge in [-0.2, -0.15) is 5.10 Å². The molecule has 4 rings (SSSR count). The van der Waals surface area contributed by atoms with Gasteiger partial charge < -0.3 is 14.4 Å². The van der Waals surface area contributed by atoms with Crippen LogP contribution in [0.25, 0.3) is 0 Å². The van der Waals surface area contributed by atoms with Gasteiger partial charge in [-0.25, -0.2) is 4.98 Å². The number of rotatable bonds is 4. The van der Waals surface area contributed by atoms with Crippen LogP contribution in [0.15, 0.2) is 24.5 Å².